The summed E-state index contributed by atoms with van der Waals surface area (Å²) in [5.41, 5.74) is 1.67. The molecule has 0 aliphatic rings. The van der Waals surface area contributed by atoms with Crippen LogP contribution in [0.15, 0.2) is 30.5 Å². The molecule has 1 heterocycles. The molecule has 1 aromatic heterocycles. The van der Waals surface area contributed by atoms with Crippen LogP contribution in [0.25, 0.3) is 10.9 Å². The monoisotopic (exact) mass is 274 g/mol. The molecule has 1 aromatic carbocycles. The van der Waals surface area contributed by atoms with Crippen molar-refractivity contribution in [3.05, 3.63) is 36.0 Å². The SMILES string of the molecule is CCCCOCCCNC(=O)c1ccc2cc[nH]c2c1. The van der Waals surface area contributed by atoms with Crippen molar-refractivity contribution in [2.75, 3.05) is 19.8 Å². The van der Waals surface area contributed by atoms with Crippen molar-refractivity contribution in [2.24, 2.45) is 0 Å². The van der Waals surface area contributed by atoms with Crippen LogP contribution in [0, 0.1) is 0 Å². The second-order valence-corrected chi connectivity index (χ2v) is 4.86. The molecule has 20 heavy (non-hydrogen) atoms. The molecule has 2 rings (SSSR count). The Morgan fingerprint density at radius 1 is 1.25 bits per heavy atom. The summed E-state index contributed by atoms with van der Waals surface area (Å²) in [5.74, 6) is -0.0324. The van der Waals surface area contributed by atoms with Crippen LogP contribution < -0.4 is 5.32 Å². The number of amides is 1. The van der Waals surface area contributed by atoms with E-state index >= 15 is 0 Å². The van der Waals surface area contributed by atoms with E-state index in [1.165, 1.54) is 0 Å². The quantitative estimate of drug-likeness (QED) is 0.727. The molecule has 2 aromatic rings. The number of hydrogen-bond acceptors (Lipinski definition) is 2. The van der Waals surface area contributed by atoms with Gasteiger partial charge in [0.05, 0.1) is 0 Å². The van der Waals surface area contributed by atoms with Crippen molar-refractivity contribution in [3.63, 3.8) is 0 Å². The van der Waals surface area contributed by atoms with Gasteiger partial charge in [-0.2, -0.15) is 0 Å². The highest BCUT2D eigenvalue weighted by Gasteiger charge is 2.05. The number of aromatic amines is 1. The molecular formula is C16H22N2O2. The highest BCUT2D eigenvalue weighted by atomic mass is 16.5. The Balaban J connectivity index is 1.71. The van der Waals surface area contributed by atoms with Gasteiger partial charge in [0.15, 0.2) is 0 Å². The van der Waals surface area contributed by atoms with E-state index in [9.17, 15) is 4.79 Å². The second-order valence-electron chi connectivity index (χ2n) is 4.86. The van der Waals surface area contributed by atoms with E-state index in [1.807, 2.05) is 30.5 Å². The highest BCUT2D eigenvalue weighted by molar-refractivity contribution is 5.97. The van der Waals surface area contributed by atoms with Crippen LogP contribution in [0.5, 0.6) is 0 Å². The Kier molecular flexibility index (Phi) is 5.62. The first kappa shape index (κ1) is 14.6. The average Bonchev–Trinajstić information content (AvgIpc) is 2.93. The zero-order valence-corrected chi connectivity index (χ0v) is 11.9. The van der Waals surface area contributed by atoms with Crippen LogP contribution in [-0.4, -0.2) is 30.6 Å². The van der Waals surface area contributed by atoms with Crippen molar-refractivity contribution in [1.82, 2.24) is 10.3 Å². The minimum Gasteiger partial charge on any atom is -0.381 e. The van der Waals surface area contributed by atoms with Crippen molar-refractivity contribution in [1.29, 1.82) is 0 Å². The largest absolute Gasteiger partial charge is 0.381 e. The Labute approximate surface area is 119 Å². The van der Waals surface area contributed by atoms with Crippen LogP contribution in [0.1, 0.15) is 36.5 Å². The predicted molar refractivity (Wildman–Crippen MR) is 81.0 cm³/mol. The Morgan fingerprint density at radius 2 is 2.10 bits per heavy atom. The minimum atomic E-state index is -0.0324. The molecular weight excluding hydrogens is 252 g/mol. The number of H-pyrrole nitrogens is 1. The standard InChI is InChI=1S/C16H22N2O2/c1-2-3-10-20-11-4-8-18-16(19)14-6-5-13-7-9-17-15(13)12-14/h5-7,9,12,17H,2-4,8,10-11H2,1H3,(H,18,19). The normalized spacial score (nSPS) is 10.8. The molecule has 1 amide bonds. The van der Waals surface area contributed by atoms with Gasteiger partial charge in [0.1, 0.15) is 0 Å². The number of carbonyl (C=O) groups excluding carboxylic acids is 1. The van der Waals surface area contributed by atoms with Crippen LogP contribution in [-0.2, 0) is 4.74 Å². The van der Waals surface area contributed by atoms with E-state index in [2.05, 4.69) is 17.2 Å². The molecule has 0 radical (unpaired) electrons. The topological polar surface area (TPSA) is 54.1 Å². The third-order valence-corrected chi connectivity index (χ3v) is 3.21. The summed E-state index contributed by atoms with van der Waals surface area (Å²) in [6.07, 6.45) is 4.97. The lowest BCUT2D eigenvalue weighted by molar-refractivity contribution is 0.0940. The lowest BCUT2D eigenvalue weighted by atomic mass is 10.1. The predicted octanol–water partition coefficient (Wildman–Crippen LogP) is 3.10. The van der Waals surface area contributed by atoms with Gasteiger partial charge in [-0.3, -0.25) is 4.79 Å². The maximum absolute atomic E-state index is 12.0. The molecule has 0 bridgehead atoms. The molecule has 0 unspecified atom stereocenters. The van der Waals surface area contributed by atoms with Gasteiger partial charge in [0.25, 0.3) is 5.91 Å². The molecule has 0 saturated heterocycles. The third-order valence-electron chi connectivity index (χ3n) is 3.21. The number of hydrogen-bond donors (Lipinski definition) is 2. The lowest BCUT2D eigenvalue weighted by Gasteiger charge is -2.06. The summed E-state index contributed by atoms with van der Waals surface area (Å²) in [6.45, 7) is 4.31. The summed E-state index contributed by atoms with van der Waals surface area (Å²) in [4.78, 5) is 15.1. The Bertz CT molecular complexity index is 548. The van der Waals surface area contributed by atoms with Crippen LogP contribution in [0.3, 0.4) is 0 Å². The van der Waals surface area contributed by atoms with Gasteiger partial charge < -0.3 is 15.0 Å². The zero-order valence-electron chi connectivity index (χ0n) is 11.9. The molecule has 0 spiro atoms. The Hall–Kier alpha value is -1.81. The van der Waals surface area contributed by atoms with Crippen molar-refractivity contribution < 1.29 is 9.53 Å². The van der Waals surface area contributed by atoms with Gasteiger partial charge in [-0.15, -0.1) is 0 Å². The highest BCUT2D eigenvalue weighted by Crippen LogP contribution is 2.13. The lowest BCUT2D eigenvalue weighted by Crippen LogP contribution is -2.25. The van der Waals surface area contributed by atoms with Crippen molar-refractivity contribution in [2.45, 2.75) is 26.2 Å². The fraction of sp³-hybridized carbons (Fsp3) is 0.438. The second kappa shape index (κ2) is 7.70. The van der Waals surface area contributed by atoms with Gasteiger partial charge in [-0.05, 0) is 36.4 Å². The number of aromatic nitrogens is 1. The molecule has 2 N–H and O–H groups in total. The smallest absolute Gasteiger partial charge is 0.251 e. The number of unbranched alkanes of at least 4 members (excludes halogenated alkanes) is 1. The summed E-state index contributed by atoms with van der Waals surface area (Å²) in [5, 5.41) is 4.03. The number of ether oxygens (including phenoxy) is 1. The van der Waals surface area contributed by atoms with Crippen LogP contribution in [0.2, 0.25) is 0 Å². The van der Waals surface area contributed by atoms with Gasteiger partial charge in [0, 0.05) is 37.0 Å². The number of nitrogens with one attached hydrogen (secondary N) is 2. The van der Waals surface area contributed by atoms with E-state index in [-0.39, 0.29) is 5.91 Å². The fourth-order valence-electron chi connectivity index (χ4n) is 2.02. The van der Waals surface area contributed by atoms with Gasteiger partial charge >= 0.3 is 0 Å². The van der Waals surface area contributed by atoms with E-state index in [4.69, 9.17) is 4.74 Å². The average molecular weight is 274 g/mol. The van der Waals surface area contributed by atoms with Crippen LogP contribution in [0.4, 0.5) is 0 Å². The third kappa shape index (κ3) is 4.10. The molecule has 0 fully saturated rings. The van der Waals surface area contributed by atoms with Gasteiger partial charge in [-0.1, -0.05) is 19.4 Å². The molecule has 0 atom stereocenters. The van der Waals surface area contributed by atoms with Gasteiger partial charge in [0.2, 0.25) is 0 Å². The summed E-state index contributed by atoms with van der Waals surface area (Å²) in [6, 6.07) is 7.67. The Morgan fingerprint density at radius 3 is 2.95 bits per heavy atom. The van der Waals surface area contributed by atoms with Gasteiger partial charge in [-0.25, -0.2) is 0 Å². The molecule has 0 aliphatic carbocycles. The first-order valence-electron chi connectivity index (χ1n) is 7.24. The van der Waals surface area contributed by atoms with E-state index < -0.39 is 0 Å². The van der Waals surface area contributed by atoms with Crippen molar-refractivity contribution in [3.8, 4) is 0 Å². The number of carbonyl (C=O) groups is 1. The zero-order chi connectivity index (χ0) is 14.2. The van der Waals surface area contributed by atoms with E-state index in [0.29, 0.717) is 18.7 Å². The van der Waals surface area contributed by atoms with Crippen LogP contribution >= 0.6 is 0 Å². The van der Waals surface area contributed by atoms with E-state index in [1.54, 1.807) is 0 Å². The molecule has 108 valence electrons. The summed E-state index contributed by atoms with van der Waals surface area (Å²) in [7, 11) is 0. The maximum atomic E-state index is 12.0. The first-order valence-corrected chi connectivity index (χ1v) is 7.24. The number of rotatable bonds is 8. The number of fused-ring (bicyclic) bond motifs is 1. The van der Waals surface area contributed by atoms with Crippen molar-refractivity contribution >= 4 is 16.8 Å². The minimum absolute atomic E-state index is 0.0324. The maximum Gasteiger partial charge on any atom is 0.251 e. The number of benzene rings is 1. The van der Waals surface area contributed by atoms with E-state index in [0.717, 1.165) is 36.8 Å². The molecule has 0 aliphatic heterocycles. The summed E-state index contributed by atoms with van der Waals surface area (Å²) >= 11 is 0. The molecule has 4 nitrogen and oxygen atoms in total. The fourth-order valence-corrected chi connectivity index (χ4v) is 2.02. The molecule has 0 saturated carbocycles. The molecule has 4 heteroatoms. The first-order chi connectivity index (χ1) is 9.81. The summed E-state index contributed by atoms with van der Waals surface area (Å²) < 4.78 is 5.45.